The first-order valence-electron chi connectivity index (χ1n) is 11.2. The van der Waals surface area contributed by atoms with Crippen molar-refractivity contribution in [2.24, 2.45) is 0 Å². The molecule has 0 bridgehead atoms. The van der Waals surface area contributed by atoms with E-state index in [1.54, 1.807) is 11.8 Å². The number of aromatic hydroxyl groups is 1. The number of hydrogen-bond acceptors (Lipinski definition) is 5. The third-order valence-electron chi connectivity index (χ3n) is 5.56. The molecule has 1 aromatic rings. The molecule has 31 heavy (non-hydrogen) atoms. The van der Waals surface area contributed by atoms with Crippen LogP contribution in [-0.4, -0.2) is 52.9 Å². The molecule has 6 heteroatoms. The van der Waals surface area contributed by atoms with E-state index in [0.29, 0.717) is 5.75 Å². The average Bonchev–Trinajstić information content (AvgIpc) is 2.67. The number of amides is 1. The second kappa shape index (κ2) is 10.7. The van der Waals surface area contributed by atoms with Crippen LogP contribution in [0.4, 0.5) is 0 Å². The fourth-order valence-corrected chi connectivity index (χ4v) is 5.09. The third-order valence-corrected chi connectivity index (χ3v) is 7.16. The SMILES string of the molecule is CCC(NCCSC)N1CCS/C(=C\c2cc(C(C)(C)C)c(O)c(C(C)(C)C)c2)C1=O. The number of thioether (sulfide) groups is 2. The molecule has 1 aliphatic rings. The van der Waals surface area contributed by atoms with Crippen LogP contribution < -0.4 is 5.32 Å². The van der Waals surface area contributed by atoms with Crippen LogP contribution in [0.3, 0.4) is 0 Å². The Kier molecular flexibility index (Phi) is 9.00. The van der Waals surface area contributed by atoms with Crippen LogP contribution in [0.15, 0.2) is 17.0 Å². The largest absolute Gasteiger partial charge is 0.507 e. The van der Waals surface area contributed by atoms with Gasteiger partial charge in [0.15, 0.2) is 0 Å². The summed E-state index contributed by atoms with van der Waals surface area (Å²) in [5.41, 5.74) is 2.43. The Bertz CT molecular complexity index is 772. The lowest BCUT2D eigenvalue weighted by Crippen LogP contribution is -2.51. The molecule has 2 rings (SSSR count). The zero-order chi connectivity index (χ0) is 23.4. The van der Waals surface area contributed by atoms with Gasteiger partial charge in [0.2, 0.25) is 0 Å². The Morgan fingerprint density at radius 2 is 1.77 bits per heavy atom. The highest BCUT2D eigenvalue weighted by molar-refractivity contribution is 8.04. The minimum atomic E-state index is -0.192. The van der Waals surface area contributed by atoms with E-state index in [0.717, 1.165) is 52.6 Å². The fraction of sp³-hybridized carbons (Fsp3) is 0.640. The van der Waals surface area contributed by atoms with Crippen molar-refractivity contribution < 1.29 is 9.90 Å². The molecule has 0 saturated carbocycles. The molecule has 174 valence electrons. The van der Waals surface area contributed by atoms with Gasteiger partial charge in [-0.25, -0.2) is 0 Å². The monoisotopic (exact) mass is 464 g/mol. The first kappa shape index (κ1) is 26.1. The molecule has 1 saturated heterocycles. The van der Waals surface area contributed by atoms with Gasteiger partial charge in [-0.05, 0) is 47.3 Å². The van der Waals surface area contributed by atoms with Crippen LogP contribution >= 0.6 is 23.5 Å². The maximum atomic E-state index is 13.3. The maximum Gasteiger partial charge on any atom is 0.261 e. The Balaban J connectivity index is 2.42. The normalized spacial score (nSPS) is 18.0. The van der Waals surface area contributed by atoms with Crippen molar-refractivity contribution in [1.29, 1.82) is 0 Å². The van der Waals surface area contributed by atoms with E-state index in [-0.39, 0.29) is 22.9 Å². The third kappa shape index (κ3) is 6.69. The van der Waals surface area contributed by atoms with E-state index >= 15 is 0 Å². The van der Waals surface area contributed by atoms with E-state index in [1.165, 1.54) is 0 Å². The molecule has 1 unspecified atom stereocenters. The van der Waals surface area contributed by atoms with Gasteiger partial charge in [-0.1, -0.05) is 48.5 Å². The van der Waals surface area contributed by atoms with E-state index in [2.05, 4.69) is 60.0 Å². The van der Waals surface area contributed by atoms with Crippen molar-refractivity contribution in [3.05, 3.63) is 33.7 Å². The van der Waals surface area contributed by atoms with Crippen LogP contribution in [0.1, 0.15) is 71.6 Å². The van der Waals surface area contributed by atoms with Crippen LogP contribution in [-0.2, 0) is 15.6 Å². The lowest BCUT2D eigenvalue weighted by Gasteiger charge is -2.35. The van der Waals surface area contributed by atoms with Crippen molar-refractivity contribution in [1.82, 2.24) is 10.2 Å². The van der Waals surface area contributed by atoms with Crippen molar-refractivity contribution in [3.63, 3.8) is 0 Å². The highest BCUT2D eigenvalue weighted by atomic mass is 32.2. The number of benzene rings is 1. The van der Waals surface area contributed by atoms with E-state index < -0.39 is 0 Å². The molecular formula is C25H40N2O2S2. The Morgan fingerprint density at radius 1 is 1.19 bits per heavy atom. The van der Waals surface area contributed by atoms with Gasteiger partial charge in [0.05, 0.1) is 11.1 Å². The topological polar surface area (TPSA) is 52.6 Å². The predicted molar refractivity (Wildman–Crippen MR) is 138 cm³/mol. The van der Waals surface area contributed by atoms with Crippen LogP contribution in [0.25, 0.3) is 6.08 Å². The highest BCUT2D eigenvalue weighted by Crippen LogP contribution is 2.40. The lowest BCUT2D eigenvalue weighted by molar-refractivity contribution is -0.129. The minimum absolute atomic E-state index is 0.0686. The summed E-state index contributed by atoms with van der Waals surface area (Å²) in [5.74, 6) is 2.40. The highest BCUT2D eigenvalue weighted by Gasteiger charge is 2.30. The number of carbonyl (C=O) groups excluding carboxylic acids is 1. The molecule has 1 fully saturated rings. The van der Waals surface area contributed by atoms with Gasteiger partial charge >= 0.3 is 0 Å². The summed E-state index contributed by atoms with van der Waals surface area (Å²) < 4.78 is 0. The molecular weight excluding hydrogens is 424 g/mol. The fourth-order valence-electron chi connectivity index (χ4n) is 3.80. The molecule has 1 amide bonds. The molecule has 1 aliphatic heterocycles. The maximum absolute atomic E-state index is 13.3. The summed E-state index contributed by atoms with van der Waals surface area (Å²) in [5, 5.41) is 14.5. The quantitative estimate of drug-likeness (QED) is 0.407. The predicted octanol–water partition coefficient (Wildman–Crippen LogP) is 5.59. The summed E-state index contributed by atoms with van der Waals surface area (Å²) in [6.07, 6.45) is 5.07. The van der Waals surface area contributed by atoms with Crippen molar-refractivity contribution >= 4 is 35.5 Å². The van der Waals surface area contributed by atoms with E-state index in [4.69, 9.17) is 0 Å². The molecule has 1 aromatic carbocycles. The van der Waals surface area contributed by atoms with Gasteiger partial charge in [-0.3, -0.25) is 10.1 Å². The zero-order valence-electron chi connectivity index (χ0n) is 20.5. The Morgan fingerprint density at radius 3 is 2.26 bits per heavy atom. The molecule has 0 spiro atoms. The van der Waals surface area contributed by atoms with Crippen molar-refractivity contribution in [3.8, 4) is 5.75 Å². The number of rotatable bonds is 7. The summed E-state index contributed by atoms with van der Waals surface area (Å²) in [6.45, 7) is 16.5. The minimum Gasteiger partial charge on any atom is -0.507 e. The smallest absolute Gasteiger partial charge is 0.261 e. The van der Waals surface area contributed by atoms with Crippen molar-refractivity contribution in [2.75, 3.05) is 30.9 Å². The van der Waals surface area contributed by atoms with Crippen molar-refractivity contribution in [2.45, 2.75) is 71.9 Å². The second-order valence-electron chi connectivity index (χ2n) is 10.2. The van der Waals surface area contributed by atoms with Crippen LogP contribution in [0.2, 0.25) is 0 Å². The first-order chi connectivity index (χ1) is 14.4. The van der Waals surface area contributed by atoms with E-state index in [1.807, 2.05) is 34.9 Å². The number of phenols is 1. The van der Waals surface area contributed by atoms with Gasteiger partial charge in [0.1, 0.15) is 5.75 Å². The van der Waals surface area contributed by atoms with E-state index in [9.17, 15) is 9.90 Å². The summed E-state index contributed by atoms with van der Waals surface area (Å²) >= 11 is 3.44. The standard InChI is InChI=1S/C25H40N2O2S2/c1-9-21(26-10-12-30-8)27-11-13-31-20(23(27)29)16-17-14-18(24(2,3)4)22(28)19(15-17)25(5,6)7/h14-16,21,26,28H,9-13H2,1-8H3/b20-16-. The molecule has 0 radical (unpaired) electrons. The van der Waals surface area contributed by atoms with Crippen LogP contribution in [0, 0.1) is 0 Å². The second-order valence-corrected chi connectivity index (χ2v) is 12.3. The first-order valence-corrected chi connectivity index (χ1v) is 13.5. The summed E-state index contributed by atoms with van der Waals surface area (Å²) in [7, 11) is 0. The van der Waals surface area contributed by atoms with Gasteiger partial charge in [0, 0.05) is 35.7 Å². The lowest BCUT2D eigenvalue weighted by atomic mass is 9.78. The summed E-state index contributed by atoms with van der Waals surface area (Å²) in [4.78, 5) is 16.1. The Hall–Kier alpha value is -1.11. The average molecular weight is 465 g/mol. The van der Waals surface area contributed by atoms with Gasteiger partial charge in [-0.15, -0.1) is 11.8 Å². The summed E-state index contributed by atoms with van der Waals surface area (Å²) in [6, 6.07) is 4.08. The zero-order valence-corrected chi connectivity index (χ0v) is 22.1. The number of phenolic OH excluding ortho intramolecular Hbond substituents is 1. The number of nitrogens with zero attached hydrogens (tertiary/aromatic N) is 1. The molecule has 4 nitrogen and oxygen atoms in total. The Labute approximate surface area is 197 Å². The number of nitrogens with one attached hydrogen (secondary N) is 1. The van der Waals surface area contributed by atoms with Crippen LogP contribution in [0.5, 0.6) is 5.75 Å². The van der Waals surface area contributed by atoms with Gasteiger partial charge < -0.3 is 10.0 Å². The molecule has 0 aromatic heterocycles. The molecule has 1 heterocycles. The van der Waals surface area contributed by atoms with Gasteiger partial charge in [0.25, 0.3) is 5.91 Å². The number of carbonyl (C=O) groups is 1. The number of hydrogen-bond donors (Lipinski definition) is 2. The van der Waals surface area contributed by atoms with Gasteiger partial charge in [-0.2, -0.15) is 11.8 Å². The molecule has 2 N–H and O–H groups in total. The molecule has 0 aliphatic carbocycles. The molecule has 1 atom stereocenters.